The molecule has 1 aliphatic heterocycles. The maximum Gasteiger partial charge on any atom is 0.164 e. The third kappa shape index (κ3) is 3.40. The van der Waals surface area contributed by atoms with Gasteiger partial charge in [-0.1, -0.05) is 61.8 Å². The molecule has 1 heterocycles. The summed E-state index contributed by atoms with van der Waals surface area (Å²) in [5.41, 5.74) is 0.586. The third-order valence-electron chi connectivity index (χ3n) is 6.09. The van der Waals surface area contributed by atoms with Crippen molar-refractivity contribution in [3.63, 3.8) is 0 Å². The zero-order valence-electron chi connectivity index (χ0n) is 16.8. The van der Waals surface area contributed by atoms with Gasteiger partial charge in [0.05, 0.1) is 0 Å². The summed E-state index contributed by atoms with van der Waals surface area (Å²) >= 11 is 6.28. The zero-order valence-corrected chi connectivity index (χ0v) is 17.6. The van der Waals surface area contributed by atoms with Crippen LogP contribution >= 0.6 is 11.6 Å². The van der Waals surface area contributed by atoms with E-state index in [-0.39, 0.29) is 0 Å². The van der Waals surface area contributed by atoms with Crippen molar-refractivity contribution >= 4 is 28.1 Å². The molecule has 2 unspecified atom stereocenters. The van der Waals surface area contributed by atoms with Crippen LogP contribution in [0.5, 0.6) is 0 Å². The maximum atomic E-state index is 11.9. The quantitative estimate of drug-likeness (QED) is 0.639. The Labute approximate surface area is 176 Å². The summed E-state index contributed by atoms with van der Waals surface area (Å²) in [6, 6.07) is 19.3. The number of benzene rings is 3. The van der Waals surface area contributed by atoms with Crippen molar-refractivity contribution in [3.05, 3.63) is 76.8 Å². The van der Waals surface area contributed by atoms with Crippen LogP contribution in [-0.2, 0) is 5.60 Å². The normalized spacial score (nSPS) is 21.2. The van der Waals surface area contributed by atoms with E-state index >= 15 is 0 Å². The second-order valence-corrected chi connectivity index (χ2v) is 8.02. The largest absolute Gasteiger partial charge is 0.376 e. The first-order valence-corrected chi connectivity index (χ1v) is 10.6. The van der Waals surface area contributed by atoms with Crippen molar-refractivity contribution in [1.29, 1.82) is 0 Å². The number of rotatable bonds is 6. The lowest BCUT2D eigenvalue weighted by Crippen LogP contribution is -2.47. The molecule has 0 saturated heterocycles. The van der Waals surface area contributed by atoms with E-state index in [9.17, 15) is 10.2 Å². The monoisotopic (exact) mass is 410 g/mol. The first-order valence-electron chi connectivity index (χ1n) is 10.2. The summed E-state index contributed by atoms with van der Waals surface area (Å²) in [5.74, 6) is 0. The Morgan fingerprint density at radius 1 is 1.00 bits per heavy atom. The van der Waals surface area contributed by atoms with E-state index in [0.717, 1.165) is 36.1 Å². The van der Waals surface area contributed by atoms with Crippen molar-refractivity contribution in [3.8, 4) is 0 Å². The summed E-state index contributed by atoms with van der Waals surface area (Å²) in [6.07, 6.45) is -1.09. The van der Waals surface area contributed by atoms with Crippen LogP contribution in [0.1, 0.15) is 25.0 Å². The molecule has 1 aliphatic rings. The average molecular weight is 411 g/mol. The fraction of sp³-hybridized carbons (Fsp3) is 0.333. The second kappa shape index (κ2) is 7.96. The van der Waals surface area contributed by atoms with Gasteiger partial charge in [0.2, 0.25) is 0 Å². The van der Waals surface area contributed by atoms with E-state index in [1.807, 2.05) is 59.5 Å². The Morgan fingerprint density at radius 2 is 1.72 bits per heavy atom. The molecule has 2 N–H and O–H groups in total. The Balaban J connectivity index is 1.78. The van der Waals surface area contributed by atoms with Crippen molar-refractivity contribution in [1.82, 2.24) is 4.90 Å². The van der Waals surface area contributed by atoms with E-state index in [2.05, 4.69) is 18.7 Å². The SMILES string of the molecule is CCN(CC)CCN1c2ccc(Cl)cc2C(O)(c2ccc3ccccc3c2)C1O. The predicted molar refractivity (Wildman–Crippen MR) is 120 cm³/mol. The van der Waals surface area contributed by atoms with Crippen LogP contribution in [0.25, 0.3) is 10.8 Å². The highest BCUT2D eigenvalue weighted by atomic mass is 35.5. The Morgan fingerprint density at radius 3 is 2.45 bits per heavy atom. The van der Waals surface area contributed by atoms with Crippen molar-refractivity contribution < 1.29 is 10.2 Å². The van der Waals surface area contributed by atoms with Gasteiger partial charge in [-0.25, -0.2) is 0 Å². The van der Waals surface area contributed by atoms with Gasteiger partial charge < -0.3 is 20.0 Å². The van der Waals surface area contributed by atoms with E-state index < -0.39 is 11.8 Å². The summed E-state index contributed by atoms with van der Waals surface area (Å²) < 4.78 is 0. The highest BCUT2D eigenvalue weighted by molar-refractivity contribution is 6.30. The van der Waals surface area contributed by atoms with Crippen LogP contribution < -0.4 is 4.90 Å². The Hall–Kier alpha value is -2.11. The number of likely N-dealkylation sites (N-methyl/N-ethyl adjacent to an activating group) is 1. The lowest BCUT2D eigenvalue weighted by atomic mass is 9.86. The number of aliphatic hydroxyl groups is 2. The minimum atomic E-state index is -1.55. The molecule has 4 rings (SSSR count). The van der Waals surface area contributed by atoms with Crippen LogP contribution in [0.2, 0.25) is 5.02 Å². The number of hydrogen-bond acceptors (Lipinski definition) is 4. The molecular weight excluding hydrogens is 384 g/mol. The lowest BCUT2D eigenvalue weighted by Gasteiger charge is -2.33. The molecule has 0 aliphatic carbocycles. The molecule has 5 heteroatoms. The Kier molecular flexibility index (Phi) is 5.54. The smallest absolute Gasteiger partial charge is 0.164 e. The fourth-order valence-corrected chi connectivity index (χ4v) is 4.50. The number of hydrogen-bond donors (Lipinski definition) is 2. The molecule has 3 aromatic rings. The van der Waals surface area contributed by atoms with Crippen LogP contribution in [0.4, 0.5) is 5.69 Å². The first kappa shape index (κ1) is 20.2. The molecule has 0 saturated carbocycles. The highest BCUT2D eigenvalue weighted by Crippen LogP contribution is 2.48. The number of halogens is 1. The first-order chi connectivity index (χ1) is 14.0. The van der Waals surface area contributed by atoms with Gasteiger partial charge in [-0.15, -0.1) is 0 Å². The van der Waals surface area contributed by atoms with Crippen molar-refractivity contribution in [2.45, 2.75) is 25.7 Å². The topological polar surface area (TPSA) is 46.9 Å². The minimum Gasteiger partial charge on any atom is -0.376 e. The lowest BCUT2D eigenvalue weighted by molar-refractivity contribution is -0.0387. The number of fused-ring (bicyclic) bond motifs is 2. The fourth-order valence-electron chi connectivity index (χ4n) is 4.32. The van der Waals surface area contributed by atoms with Gasteiger partial charge in [-0.05, 0) is 53.7 Å². The van der Waals surface area contributed by atoms with Crippen LogP contribution in [0.15, 0.2) is 60.7 Å². The van der Waals surface area contributed by atoms with Gasteiger partial charge in [0.25, 0.3) is 0 Å². The van der Waals surface area contributed by atoms with Gasteiger partial charge in [0.1, 0.15) is 0 Å². The van der Waals surface area contributed by atoms with Crippen molar-refractivity contribution in [2.75, 3.05) is 31.1 Å². The van der Waals surface area contributed by atoms with E-state index in [1.54, 1.807) is 6.07 Å². The van der Waals surface area contributed by atoms with Crippen LogP contribution in [-0.4, -0.2) is 47.5 Å². The molecule has 4 nitrogen and oxygen atoms in total. The van der Waals surface area contributed by atoms with Gasteiger partial charge in [-0.2, -0.15) is 0 Å². The summed E-state index contributed by atoms with van der Waals surface area (Å²) in [6.45, 7) is 7.57. The molecule has 0 amide bonds. The highest BCUT2D eigenvalue weighted by Gasteiger charge is 2.50. The summed E-state index contributed by atoms with van der Waals surface area (Å²) in [7, 11) is 0. The van der Waals surface area contributed by atoms with Gasteiger partial charge in [0, 0.05) is 29.4 Å². The van der Waals surface area contributed by atoms with E-state index in [0.29, 0.717) is 22.7 Å². The molecule has 0 aromatic heterocycles. The van der Waals surface area contributed by atoms with E-state index in [1.165, 1.54) is 0 Å². The molecule has 29 heavy (non-hydrogen) atoms. The molecule has 0 radical (unpaired) electrons. The average Bonchev–Trinajstić information content (AvgIpc) is 2.96. The number of anilines is 1. The summed E-state index contributed by atoms with van der Waals surface area (Å²) in [5, 5.41) is 25.8. The van der Waals surface area contributed by atoms with E-state index in [4.69, 9.17) is 11.6 Å². The molecule has 0 spiro atoms. The molecule has 0 fully saturated rings. The maximum absolute atomic E-state index is 11.9. The number of nitrogens with zero attached hydrogens (tertiary/aromatic N) is 2. The van der Waals surface area contributed by atoms with Crippen molar-refractivity contribution in [2.24, 2.45) is 0 Å². The standard InChI is InChI=1S/C24H27ClN2O2/c1-3-26(4-2)13-14-27-22-12-11-20(25)16-21(22)24(29,23(27)28)19-10-9-17-7-5-6-8-18(17)15-19/h5-12,15-16,23,28-29H,3-4,13-14H2,1-2H3. The minimum absolute atomic E-state index is 0.542. The van der Waals surface area contributed by atoms with Gasteiger partial charge in [-0.3, -0.25) is 0 Å². The number of aliphatic hydroxyl groups excluding tert-OH is 1. The zero-order chi connectivity index (χ0) is 20.6. The predicted octanol–water partition coefficient (Wildman–Crippen LogP) is 4.21. The molecular formula is C24H27ClN2O2. The van der Waals surface area contributed by atoms with Crippen LogP contribution in [0.3, 0.4) is 0 Å². The molecule has 3 aromatic carbocycles. The van der Waals surface area contributed by atoms with Gasteiger partial charge in [0.15, 0.2) is 11.8 Å². The van der Waals surface area contributed by atoms with Crippen LogP contribution in [0, 0.1) is 0 Å². The molecule has 0 bridgehead atoms. The molecule has 152 valence electrons. The van der Waals surface area contributed by atoms with Gasteiger partial charge >= 0.3 is 0 Å². The third-order valence-corrected chi connectivity index (χ3v) is 6.32. The molecule has 2 atom stereocenters. The second-order valence-electron chi connectivity index (χ2n) is 7.58. The Bertz CT molecular complexity index is 1020. The summed E-state index contributed by atoms with van der Waals surface area (Å²) in [4.78, 5) is 4.19.